The zero-order chi connectivity index (χ0) is 38.0. The van der Waals surface area contributed by atoms with Crippen molar-refractivity contribution in [2.24, 2.45) is 0 Å². The highest BCUT2D eigenvalue weighted by molar-refractivity contribution is 5.76. The molecule has 1 atom stereocenters. The molecule has 0 saturated heterocycles. The van der Waals surface area contributed by atoms with Gasteiger partial charge in [0.1, 0.15) is 0 Å². The van der Waals surface area contributed by atoms with Gasteiger partial charge in [-0.15, -0.1) is 0 Å². The first kappa shape index (κ1) is 50.4. The monoisotopic (exact) mass is 737 g/mol. The Hall–Kier alpha value is -1.63. The molecule has 7 nitrogen and oxygen atoms in total. The first-order valence-electron chi connectivity index (χ1n) is 22.9. The summed E-state index contributed by atoms with van der Waals surface area (Å²) in [5, 5.41) is 15.8. The number of rotatable bonds is 42. The highest BCUT2D eigenvalue weighted by atomic mass is 16.5. The lowest BCUT2D eigenvalue weighted by Crippen LogP contribution is -2.39. The number of esters is 1. The largest absolute Gasteiger partial charge is 0.466 e. The fourth-order valence-electron chi connectivity index (χ4n) is 6.83. The van der Waals surface area contributed by atoms with E-state index in [0.717, 1.165) is 51.4 Å². The standard InChI is InChI=1S/C45H88N2O5/c1-3-5-7-9-10-11-12-13-14-16-19-22-25-29-32-36-43(49)46-40-42(48)41-47-44(50)37-33-30-26-23-20-17-15-18-21-24-27-31-35-39-52-45(51)38-34-28-8-6-4-2/h42,48H,3-41H2,1-2H3,(H,46,49)(H,47,50). The zero-order valence-electron chi connectivity index (χ0n) is 34.7. The molecule has 52 heavy (non-hydrogen) atoms. The lowest BCUT2D eigenvalue weighted by atomic mass is 10.0. The lowest BCUT2D eigenvalue weighted by molar-refractivity contribution is -0.144. The van der Waals surface area contributed by atoms with Crippen LogP contribution in [0.3, 0.4) is 0 Å². The number of ether oxygens (including phenoxy) is 1. The summed E-state index contributed by atoms with van der Waals surface area (Å²) in [4.78, 5) is 36.0. The van der Waals surface area contributed by atoms with E-state index in [-0.39, 0.29) is 30.9 Å². The van der Waals surface area contributed by atoms with Crippen LogP contribution in [-0.2, 0) is 19.1 Å². The Morgan fingerprint density at radius 3 is 1.00 bits per heavy atom. The first-order valence-corrected chi connectivity index (χ1v) is 22.9. The molecule has 0 aromatic rings. The molecule has 0 heterocycles. The minimum absolute atomic E-state index is 0.00808. The normalized spacial score (nSPS) is 11.8. The summed E-state index contributed by atoms with van der Waals surface area (Å²) in [5.41, 5.74) is 0. The Bertz CT molecular complexity index is 777. The van der Waals surface area contributed by atoms with Crippen LogP contribution >= 0.6 is 0 Å². The van der Waals surface area contributed by atoms with Crippen molar-refractivity contribution in [3.63, 3.8) is 0 Å². The Morgan fingerprint density at radius 1 is 0.404 bits per heavy atom. The van der Waals surface area contributed by atoms with Crippen molar-refractivity contribution in [2.75, 3.05) is 19.7 Å². The summed E-state index contributed by atoms with van der Waals surface area (Å²) in [7, 11) is 0. The second kappa shape index (κ2) is 42.1. The maximum absolute atomic E-state index is 12.1. The second-order valence-corrected chi connectivity index (χ2v) is 15.7. The van der Waals surface area contributed by atoms with Crippen molar-refractivity contribution in [2.45, 2.75) is 251 Å². The van der Waals surface area contributed by atoms with E-state index < -0.39 is 6.10 Å². The van der Waals surface area contributed by atoms with Gasteiger partial charge in [0, 0.05) is 32.4 Å². The molecule has 0 aliphatic carbocycles. The van der Waals surface area contributed by atoms with E-state index in [1.54, 1.807) is 0 Å². The van der Waals surface area contributed by atoms with Gasteiger partial charge in [-0.3, -0.25) is 14.4 Å². The van der Waals surface area contributed by atoms with Crippen LogP contribution < -0.4 is 10.6 Å². The average Bonchev–Trinajstić information content (AvgIpc) is 3.14. The molecule has 7 heteroatoms. The molecule has 0 spiro atoms. The van der Waals surface area contributed by atoms with Crippen molar-refractivity contribution in [1.82, 2.24) is 10.6 Å². The van der Waals surface area contributed by atoms with Crippen LogP contribution in [-0.4, -0.2) is 48.7 Å². The van der Waals surface area contributed by atoms with Gasteiger partial charge < -0.3 is 20.5 Å². The maximum atomic E-state index is 12.1. The average molecular weight is 737 g/mol. The third-order valence-corrected chi connectivity index (χ3v) is 10.4. The van der Waals surface area contributed by atoms with Gasteiger partial charge in [0.2, 0.25) is 11.8 Å². The summed E-state index contributed by atoms with van der Waals surface area (Å²) in [6, 6.07) is 0. The smallest absolute Gasteiger partial charge is 0.305 e. The highest BCUT2D eigenvalue weighted by Gasteiger charge is 2.09. The van der Waals surface area contributed by atoms with E-state index in [1.165, 1.54) is 161 Å². The second-order valence-electron chi connectivity index (χ2n) is 15.7. The van der Waals surface area contributed by atoms with E-state index in [9.17, 15) is 19.5 Å². The van der Waals surface area contributed by atoms with E-state index in [1.807, 2.05) is 0 Å². The maximum Gasteiger partial charge on any atom is 0.305 e. The number of carbonyl (C=O) groups is 3. The van der Waals surface area contributed by atoms with Gasteiger partial charge in [0.15, 0.2) is 0 Å². The molecule has 2 amide bonds. The molecule has 0 radical (unpaired) electrons. The van der Waals surface area contributed by atoms with Crippen molar-refractivity contribution < 1.29 is 24.2 Å². The third kappa shape index (κ3) is 41.1. The molecule has 0 fully saturated rings. The SMILES string of the molecule is CCCCCCCCCCCCCCCCCC(=O)NCC(O)CNC(=O)CCCCCCCCCCCCCCCOC(=O)CCCCCCC. The Morgan fingerprint density at radius 2 is 0.673 bits per heavy atom. The molecule has 0 aliphatic rings. The Kier molecular flexibility index (Phi) is 40.8. The predicted octanol–water partition coefficient (Wildman–Crippen LogP) is 12.2. The topological polar surface area (TPSA) is 105 Å². The minimum atomic E-state index is -0.750. The summed E-state index contributed by atoms with van der Waals surface area (Å²) in [6.07, 6.45) is 41.8. The van der Waals surface area contributed by atoms with E-state index >= 15 is 0 Å². The predicted molar refractivity (Wildman–Crippen MR) is 221 cm³/mol. The third-order valence-electron chi connectivity index (χ3n) is 10.4. The minimum Gasteiger partial charge on any atom is -0.466 e. The first-order chi connectivity index (χ1) is 25.5. The van der Waals surface area contributed by atoms with Gasteiger partial charge in [-0.2, -0.15) is 0 Å². The molecule has 0 aliphatic heterocycles. The van der Waals surface area contributed by atoms with Crippen LogP contribution in [0.25, 0.3) is 0 Å². The summed E-state index contributed by atoms with van der Waals surface area (Å²) < 4.78 is 5.35. The molecule has 0 aromatic heterocycles. The number of aliphatic hydroxyl groups excluding tert-OH is 1. The molecule has 0 rings (SSSR count). The van der Waals surface area contributed by atoms with Crippen molar-refractivity contribution in [1.29, 1.82) is 0 Å². The van der Waals surface area contributed by atoms with Crippen molar-refractivity contribution in [3.05, 3.63) is 0 Å². The Labute approximate surface area is 322 Å². The van der Waals surface area contributed by atoms with Crippen LogP contribution in [0.1, 0.15) is 245 Å². The molecule has 0 bridgehead atoms. The fourth-order valence-corrected chi connectivity index (χ4v) is 6.83. The van der Waals surface area contributed by atoms with Gasteiger partial charge in [-0.25, -0.2) is 0 Å². The zero-order valence-corrected chi connectivity index (χ0v) is 34.7. The molecule has 3 N–H and O–H groups in total. The summed E-state index contributed by atoms with van der Waals surface area (Å²) in [5.74, 6) is -0.0452. The molecule has 0 saturated carbocycles. The van der Waals surface area contributed by atoms with Gasteiger partial charge in [0.05, 0.1) is 12.7 Å². The van der Waals surface area contributed by atoms with Gasteiger partial charge in [-0.05, 0) is 25.7 Å². The molecular weight excluding hydrogens is 649 g/mol. The number of hydrogen-bond acceptors (Lipinski definition) is 5. The fraction of sp³-hybridized carbons (Fsp3) is 0.933. The summed E-state index contributed by atoms with van der Waals surface area (Å²) >= 11 is 0. The Balaban J connectivity index is 3.37. The quantitative estimate of drug-likeness (QED) is 0.0427. The molecular formula is C45H88N2O5. The van der Waals surface area contributed by atoms with Crippen molar-refractivity contribution in [3.8, 4) is 0 Å². The number of hydrogen-bond donors (Lipinski definition) is 3. The van der Waals surface area contributed by atoms with Crippen LogP contribution in [0.5, 0.6) is 0 Å². The molecule has 308 valence electrons. The molecule has 1 unspecified atom stereocenters. The molecule has 0 aromatic carbocycles. The van der Waals surface area contributed by atoms with E-state index in [0.29, 0.717) is 25.9 Å². The van der Waals surface area contributed by atoms with Gasteiger partial charge in [0.25, 0.3) is 0 Å². The van der Waals surface area contributed by atoms with Crippen LogP contribution in [0.15, 0.2) is 0 Å². The van der Waals surface area contributed by atoms with Crippen LogP contribution in [0.4, 0.5) is 0 Å². The number of amides is 2. The number of nitrogens with one attached hydrogen (secondary N) is 2. The van der Waals surface area contributed by atoms with E-state index in [2.05, 4.69) is 24.5 Å². The highest BCUT2D eigenvalue weighted by Crippen LogP contribution is 2.15. The van der Waals surface area contributed by atoms with Crippen LogP contribution in [0, 0.1) is 0 Å². The summed E-state index contributed by atoms with van der Waals surface area (Å²) in [6.45, 7) is 5.44. The number of unbranched alkanes of at least 4 members (excludes halogenated alkanes) is 30. The van der Waals surface area contributed by atoms with Crippen LogP contribution in [0.2, 0.25) is 0 Å². The van der Waals surface area contributed by atoms with E-state index in [4.69, 9.17) is 4.74 Å². The number of aliphatic hydroxyl groups is 1. The van der Waals surface area contributed by atoms with Crippen molar-refractivity contribution >= 4 is 17.8 Å². The van der Waals surface area contributed by atoms with Gasteiger partial charge in [-0.1, -0.05) is 200 Å². The van der Waals surface area contributed by atoms with Gasteiger partial charge >= 0.3 is 5.97 Å². The number of carbonyl (C=O) groups excluding carboxylic acids is 3. The lowest BCUT2D eigenvalue weighted by Gasteiger charge is -2.13.